The molecule has 0 aromatic heterocycles. The number of carboxylic acids is 3. The van der Waals surface area contributed by atoms with Gasteiger partial charge in [-0.2, -0.15) is 0 Å². The Bertz CT molecular complexity index is 365. The van der Waals surface area contributed by atoms with Crippen LogP contribution in [-0.2, 0) is 53.0 Å². The Balaban J connectivity index is -0.0000000840. The van der Waals surface area contributed by atoms with E-state index in [1.807, 2.05) is 0 Å². The third kappa shape index (κ3) is 69.2. The zero-order valence-corrected chi connectivity index (χ0v) is 16.8. The van der Waals surface area contributed by atoms with Crippen molar-refractivity contribution in [1.82, 2.24) is 0 Å². The maximum atomic E-state index is 10.1. The Kier molecular flexibility index (Phi) is 34.4. The molecular formula is C16H21O10Rh. The minimum Gasteiger partial charge on any atom is -0.550 e. The molecule has 2 radical (unpaired) electrons. The summed E-state index contributed by atoms with van der Waals surface area (Å²) in [7, 11) is 0. The van der Waals surface area contributed by atoms with Crippen LogP contribution < -0.4 is 15.3 Å². The van der Waals surface area contributed by atoms with Gasteiger partial charge < -0.3 is 44.1 Å². The maximum absolute atomic E-state index is 10.1. The first kappa shape index (κ1) is 35.8. The van der Waals surface area contributed by atoms with Crippen molar-refractivity contribution in [3.63, 3.8) is 0 Å². The molecule has 0 heterocycles. The number of rotatable bonds is 9. The average Bonchev–Trinajstić information content (AvgIpc) is 2.52. The van der Waals surface area contributed by atoms with E-state index in [1.54, 1.807) is 0 Å². The number of carboxylic acid groups (broad SMARTS) is 3. The van der Waals surface area contributed by atoms with Gasteiger partial charge in [0.1, 0.15) is 17.3 Å². The van der Waals surface area contributed by atoms with E-state index in [9.17, 15) is 44.1 Å². The van der Waals surface area contributed by atoms with Crippen LogP contribution in [-0.4, -0.2) is 42.0 Å². The van der Waals surface area contributed by atoms with Gasteiger partial charge in [-0.15, -0.1) is 0 Å². The number of carbonyl (C=O) groups excluding carboxylic acids is 7. The summed E-state index contributed by atoms with van der Waals surface area (Å²) in [6.45, 7) is 8.55. The molecule has 27 heavy (non-hydrogen) atoms. The molecule has 0 amide bonds. The van der Waals surface area contributed by atoms with Gasteiger partial charge in [0, 0.05) is 37.2 Å². The van der Waals surface area contributed by atoms with Gasteiger partial charge in [-0.05, 0) is 40.0 Å². The largest absolute Gasteiger partial charge is 3.00 e. The number of aliphatic carboxylic acids is 3. The minimum absolute atomic E-state index is 0. The van der Waals surface area contributed by atoms with Gasteiger partial charge in [-0.25, -0.2) is 0 Å². The van der Waals surface area contributed by atoms with Crippen molar-refractivity contribution in [1.29, 1.82) is 0 Å². The molecule has 10 nitrogen and oxygen atoms in total. The molecule has 0 N–H and O–H groups in total. The fourth-order valence-electron chi connectivity index (χ4n) is 0.834. The van der Waals surface area contributed by atoms with Crippen LogP contribution in [0, 0.1) is 0 Å². The zero-order valence-electron chi connectivity index (χ0n) is 15.2. The molecule has 0 aromatic rings. The Morgan fingerprint density at radius 2 is 0.667 bits per heavy atom. The summed E-state index contributed by atoms with van der Waals surface area (Å²) >= 11 is 0. The Morgan fingerprint density at radius 3 is 0.704 bits per heavy atom. The first-order valence-electron chi connectivity index (χ1n) is 7.16. The first-order valence-corrected chi connectivity index (χ1v) is 7.16. The van der Waals surface area contributed by atoms with Crippen LogP contribution in [0.15, 0.2) is 0 Å². The predicted octanol–water partition coefficient (Wildman–Crippen LogP) is -3.08. The van der Waals surface area contributed by atoms with Crippen molar-refractivity contribution in [3.05, 3.63) is 0 Å². The van der Waals surface area contributed by atoms with E-state index in [0.717, 1.165) is 0 Å². The summed E-state index contributed by atoms with van der Waals surface area (Å²) in [5.41, 5.74) is 0. The van der Waals surface area contributed by atoms with Crippen molar-refractivity contribution in [3.8, 4) is 0 Å². The van der Waals surface area contributed by atoms with Crippen LogP contribution in [0.3, 0.4) is 0 Å². The second-order valence-corrected chi connectivity index (χ2v) is 4.72. The van der Waals surface area contributed by atoms with E-state index in [2.05, 4.69) is 6.79 Å². The van der Waals surface area contributed by atoms with E-state index in [-0.39, 0.29) is 75.4 Å². The van der Waals surface area contributed by atoms with E-state index >= 15 is 0 Å². The predicted molar refractivity (Wildman–Crippen MR) is 80.5 cm³/mol. The normalized spacial score (nSPS) is 7.81. The van der Waals surface area contributed by atoms with Crippen molar-refractivity contribution in [2.45, 2.75) is 59.3 Å². The summed E-state index contributed by atoms with van der Waals surface area (Å²) < 4.78 is 0. The van der Waals surface area contributed by atoms with Crippen molar-refractivity contribution >= 4 is 42.0 Å². The molecule has 0 rings (SSSR count). The Hall–Kier alpha value is -2.29. The third-order valence-electron chi connectivity index (χ3n) is 2.04. The van der Waals surface area contributed by atoms with Gasteiger partial charge >= 0.3 is 19.5 Å². The summed E-state index contributed by atoms with van der Waals surface area (Å²) in [5.74, 6) is -3.85. The molecule has 0 aliphatic carbocycles. The van der Waals surface area contributed by atoms with E-state index in [4.69, 9.17) is 4.79 Å². The van der Waals surface area contributed by atoms with Gasteiger partial charge in [0.15, 0.2) is 0 Å². The summed E-state index contributed by atoms with van der Waals surface area (Å²) in [6, 6.07) is 0. The number of hydrogen-bond donors (Lipinski definition) is 0. The number of ketones is 3. The molecule has 0 bridgehead atoms. The molecule has 0 saturated carbocycles. The Morgan fingerprint density at radius 1 is 0.519 bits per heavy atom. The van der Waals surface area contributed by atoms with E-state index < -0.39 is 17.9 Å². The zero-order chi connectivity index (χ0) is 21.7. The van der Waals surface area contributed by atoms with Crippen LogP contribution in [0.2, 0.25) is 0 Å². The van der Waals surface area contributed by atoms with Crippen LogP contribution >= 0.6 is 0 Å². The van der Waals surface area contributed by atoms with Crippen LogP contribution in [0.25, 0.3) is 0 Å². The first-order chi connectivity index (χ1) is 11.9. The smallest absolute Gasteiger partial charge is 0.550 e. The summed E-state index contributed by atoms with van der Waals surface area (Å²) in [4.78, 5) is 66.6. The topological polar surface area (TPSA) is 189 Å². The van der Waals surface area contributed by atoms with Crippen molar-refractivity contribution in [2.75, 3.05) is 0 Å². The monoisotopic (exact) mass is 476 g/mol. The number of carbonyl (C=O) groups is 6. The molecule has 0 atom stereocenters. The van der Waals surface area contributed by atoms with Crippen LogP contribution in [0.4, 0.5) is 0 Å². The number of hydrogen-bond acceptors (Lipinski definition) is 10. The van der Waals surface area contributed by atoms with E-state index in [1.165, 1.54) is 20.8 Å². The van der Waals surface area contributed by atoms with Crippen LogP contribution in [0.5, 0.6) is 0 Å². The fraction of sp³-hybridized carbons (Fsp3) is 0.562. The number of Topliss-reactive ketones (excluding diaryl/α,β-unsaturated/α-hetero) is 3. The molecule has 11 heteroatoms. The second kappa shape index (κ2) is 25.9. The van der Waals surface area contributed by atoms with Gasteiger partial charge in [0.05, 0.1) is 0 Å². The second-order valence-electron chi connectivity index (χ2n) is 4.72. The Labute approximate surface area is 170 Å². The van der Waals surface area contributed by atoms with E-state index in [0.29, 0.717) is 0 Å². The maximum Gasteiger partial charge on any atom is 3.00 e. The molecule has 0 aliphatic heterocycles. The third-order valence-corrected chi connectivity index (χ3v) is 2.04. The minimum atomic E-state index is -1.17. The molecule has 0 unspecified atom stereocenters. The van der Waals surface area contributed by atoms with Gasteiger partial charge in [0.2, 0.25) is 0 Å². The van der Waals surface area contributed by atoms with Crippen molar-refractivity contribution < 1.29 is 68.4 Å². The van der Waals surface area contributed by atoms with Gasteiger partial charge in [0.25, 0.3) is 6.79 Å². The standard InChI is InChI=1S/3C5H8O3.CO.Rh/c3*1-4(6)2-3-5(7)8;1-2;/h3*2-3H2,1H3,(H,7,8);;/q;;;;+3/p-3. The molecule has 0 aromatic carbocycles. The molecule has 0 saturated heterocycles. The summed E-state index contributed by atoms with van der Waals surface area (Å²) in [5, 5.41) is 28.9. The molecule has 154 valence electrons. The quantitative estimate of drug-likeness (QED) is 0.309. The van der Waals surface area contributed by atoms with Crippen LogP contribution in [0.1, 0.15) is 59.3 Å². The summed E-state index contributed by atoms with van der Waals surface area (Å²) in [6.07, 6.45) is -0.215. The average molecular weight is 476 g/mol. The van der Waals surface area contributed by atoms with Crippen molar-refractivity contribution in [2.24, 2.45) is 0 Å². The van der Waals surface area contributed by atoms with Gasteiger partial charge in [-0.1, -0.05) is 0 Å². The molecule has 0 spiro atoms. The molecule has 0 fully saturated rings. The SMILES string of the molecule is CC(=O)CCC(=O)[O-].CC(=O)CCC(=O)[O-].CC(=O)CCC(=O)[O-].[C]=O.[Rh+3]. The van der Waals surface area contributed by atoms with Gasteiger partial charge in [-0.3, -0.25) is 4.79 Å². The fourth-order valence-corrected chi connectivity index (χ4v) is 0.834. The molecule has 0 aliphatic rings. The molecular weight excluding hydrogens is 455 g/mol.